The standard InChI is InChI=1S/C22H28Cl2N4O/c1-13-11-18(25)22(12-13)7-9-27(10-8-22)20-14(2)21(29)28(15(3)26-20)17-6-4-5-16(23)19(17)24/h4-6,13,18H,7-12,25H2,1-3H3/t13-,18-/m1/s1. The number of hydrogen-bond acceptors (Lipinski definition) is 4. The second-order valence-electron chi connectivity index (χ2n) is 8.82. The van der Waals surface area contributed by atoms with Crippen LogP contribution in [-0.4, -0.2) is 28.7 Å². The Morgan fingerprint density at radius 3 is 2.52 bits per heavy atom. The molecular formula is C22H28Cl2N4O. The van der Waals surface area contributed by atoms with Gasteiger partial charge in [0.1, 0.15) is 11.6 Å². The SMILES string of the molecule is Cc1c(N2CCC3(CC2)C[C@H](C)C[C@H]3N)nc(C)n(-c2cccc(Cl)c2Cl)c1=O. The average Bonchev–Trinajstić information content (AvgIpc) is 2.95. The Bertz CT molecular complexity index is 995. The third-order valence-corrected chi connectivity index (χ3v) is 7.69. The van der Waals surface area contributed by atoms with E-state index in [1.54, 1.807) is 22.8 Å². The molecule has 0 amide bonds. The van der Waals surface area contributed by atoms with Gasteiger partial charge in [-0.1, -0.05) is 36.2 Å². The summed E-state index contributed by atoms with van der Waals surface area (Å²) in [4.78, 5) is 20.3. The zero-order chi connectivity index (χ0) is 20.9. The zero-order valence-corrected chi connectivity index (χ0v) is 18.7. The minimum Gasteiger partial charge on any atom is -0.356 e. The molecule has 2 fully saturated rings. The predicted octanol–water partition coefficient (Wildman–Crippen LogP) is 4.50. The fourth-order valence-electron chi connectivity index (χ4n) is 5.31. The van der Waals surface area contributed by atoms with E-state index in [2.05, 4.69) is 11.8 Å². The maximum Gasteiger partial charge on any atom is 0.263 e. The smallest absolute Gasteiger partial charge is 0.263 e. The van der Waals surface area contributed by atoms with Crippen LogP contribution in [0.2, 0.25) is 10.0 Å². The molecule has 1 spiro atoms. The second kappa shape index (κ2) is 7.60. The van der Waals surface area contributed by atoms with Crippen LogP contribution in [0.25, 0.3) is 5.69 Å². The lowest BCUT2D eigenvalue weighted by atomic mass is 9.74. The molecule has 1 aliphatic carbocycles. The van der Waals surface area contributed by atoms with Crippen LogP contribution in [-0.2, 0) is 0 Å². The lowest BCUT2D eigenvalue weighted by Crippen LogP contribution is -2.47. The topological polar surface area (TPSA) is 64.2 Å². The third-order valence-electron chi connectivity index (χ3n) is 6.88. The predicted molar refractivity (Wildman–Crippen MR) is 120 cm³/mol. The monoisotopic (exact) mass is 434 g/mol. The van der Waals surface area contributed by atoms with E-state index in [0.717, 1.165) is 38.2 Å². The number of benzene rings is 1. The van der Waals surface area contributed by atoms with E-state index in [-0.39, 0.29) is 17.0 Å². The van der Waals surface area contributed by atoms with Crippen LogP contribution in [0.3, 0.4) is 0 Å². The van der Waals surface area contributed by atoms with E-state index >= 15 is 0 Å². The molecule has 2 atom stereocenters. The summed E-state index contributed by atoms with van der Waals surface area (Å²) in [6, 6.07) is 5.57. The second-order valence-corrected chi connectivity index (χ2v) is 9.61. The molecule has 0 unspecified atom stereocenters. The van der Waals surface area contributed by atoms with E-state index < -0.39 is 0 Å². The summed E-state index contributed by atoms with van der Waals surface area (Å²) in [5, 5.41) is 0.776. The fraction of sp³-hybridized carbons (Fsp3) is 0.545. The van der Waals surface area contributed by atoms with E-state index in [0.29, 0.717) is 33.0 Å². The van der Waals surface area contributed by atoms with E-state index in [9.17, 15) is 4.79 Å². The van der Waals surface area contributed by atoms with Crippen LogP contribution < -0.4 is 16.2 Å². The lowest BCUT2D eigenvalue weighted by Gasteiger charge is -2.43. The minimum atomic E-state index is -0.108. The molecule has 0 radical (unpaired) electrons. The van der Waals surface area contributed by atoms with E-state index in [1.165, 1.54) is 6.42 Å². The fourth-order valence-corrected chi connectivity index (χ4v) is 5.69. The molecule has 0 bridgehead atoms. The number of piperidine rings is 1. The summed E-state index contributed by atoms with van der Waals surface area (Å²) in [6.45, 7) is 7.75. The highest BCUT2D eigenvalue weighted by atomic mass is 35.5. The summed E-state index contributed by atoms with van der Waals surface area (Å²) < 4.78 is 1.55. The number of aryl methyl sites for hydroxylation is 1. The third kappa shape index (κ3) is 3.47. The van der Waals surface area contributed by atoms with Gasteiger partial charge in [0, 0.05) is 19.1 Å². The zero-order valence-electron chi connectivity index (χ0n) is 17.2. The number of hydrogen-bond donors (Lipinski definition) is 1. The molecule has 2 N–H and O–H groups in total. The van der Waals surface area contributed by atoms with Gasteiger partial charge in [0.25, 0.3) is 5.56 Å². The Morgan fingerprint density at radius 1 is 1.21 bits per heavy atom. The van der Waals surface area contributed by atoms with Gasteiger partial charge < -0.3 is 10.6 Å². The minimum absolute atomic E-state index is 0.108. The Balaban J connectivity index is 1.66. The van der Waals surface area contributed by atoms with E-state index in [1.807, 2.05) is 13.8 Å². The van der Waals surface area contributed by atoms with Crippen LogP contribution in [0.5, 0.6) is 0 Å². The lowest BCUT2D eigenvalue weighted by molar-refractivity contribution is 0.192. The molecule has 1 aliphatic heterocycles. The van der Waals surface area contributed by atoms with Crippen molar-refractivity contribution in [3.63, 3.8) is 0 Å². The average molecular weight is 435 g/mol. The first-order valence-corrected chi connectivity index (χ1v) is 11.0. The number of anilines is 1. The van der Waals surface area contributed by atoms with Crippen LogP contribution in [0.4, 0.5) is 5.82 Å². The van der Waals surface area contributed by atoms with Crippen molar-refractivity contribution in [1.29, 1.82) is 0 Å². The van der Waals surface area contributed by atoms with Crippen LogP contribution in [0.1, 0.15) is 44.0 Å². The molecule has 1 saturated heterocycles. The molecule has 7 heteroatoms. The van der Waals surface area contributed by atoms with Crippen molar-refractivity contribution in [3.05, 3.63) is 50.0 Å². The van der Waals surface area contributed by atoms with Gasteiger partial charge in [0.2, 0.25) is 0 Å². The van der Waals surface area contributed by atoms with Gasteiger partial charge in [-0.25, -0.2) is 4.98 Å². The maximum atomic E-state index is 13.2. The molecule has 4 rings (SSSR count). The van der Waals surface area contributed by atoms with Gasteiger partial charge in [-0.3, -0.25) is 9.36 Å². The first-order valence-electron chi connectivity index (χ1n) is 10.3. The van der Waals surface area contributed by atoms with Crippen LogP contribution in [0.15, 0.2) is 23.0 Å². The highest BCUT2D eigenvalue weighted by Crippen LogP contribution is 2.48. The Labute approximate surface area is 181 Å². The number of nitrogens with zero attached hydrogens (tertiary/aromatic N) is 3. The molecule has 2 heterocycles. The Morgan fingerprint density at radius 2 is 1.90 bits per heavy atom. The number of aromatic nitrogens is 2. The highest BCUT2D eigenvalue weighted by molar-refractivity contribution is 6.43. The molecular weight excluding hydrogens is 407 g/mol. The van der Waals surface area contributed by atoms with Crippen molar-refractivity contribution < 1.29 is 0 Å². The molecule has 29 heavy (non-hydrogen) atoms. The van der Waals surface area contributed by atoms with Gasteiger partial charge in [-0.2, -0.15) is 0 Å². The molecule has 1 aromatic heterocycles. The summed E-state index contributed by atoms with van der Waals surface area (Å²) in [7, 11) is 0. The molecule has 1 saturated carbocycles. The molecule has 156 valence electrons. The molecule has 1 aromatic carbocycles. The number of rotatable bonds is 2. The Kier molecular flexibility index (Phi) is 5.43. The van der Waals surface area contributed by atoms with Crippen molar-refractivity contribution in [3.8, 4) is 5.69 Å². The summed E-state index contributed by atoms with van der Waals surface area (Å²) in [6.07, 6.45) is 4.44. The number of nitrogens with two attached hydrogens (primary N) is 1. The molecule has 2 aromatic rings. The molecule has 5 nitrogen and oxygen atoms in total. The Hall–Kier alpha value is -1.56. The quantitative estimate of drug-likeness (QED) is 0.755. The van der Waals surface area contributed by atoms with Gasteiger partial charge in [0.15, 0.2) is 0 Å². The largest absolute Gasteiger partial charge is 0.356 e. The summed E-state index contributed by atoms with van der Waals surface area (Å²) in [5.74, 6) is 2.08. The van der Waals surface area contributed by atoms with Gasteiger partial charge in [-0.15, -0.1) is 0 Å². The van der Waals surface area contributed by atoms with Gasteiger partial charge in [0.05, 0.1) is 21.3 Å². The summed E-state index contributed by atoms with van der Waals surface area (Å²) >= 11 is 12.5. The van der Waals surface area contributed by atoms with Crippen molar-refractivity contribution in [2.45, 2.75) is 52.5 Å². The maximum absolute atomic E-state index is 13.2. The summed E-state index contributed by atoms with van der Waals surface area (Å²) in [5.41, 5.74) is 7.83. The van der Waals surface area contributed by atoms with Crippen molar-refractivity contribution >= 4 is 29.0 Å². The first-order chi connectivity index (χ1) is 13.7. The number of halogens is 2. The van der Waals surface area contributed by atoms with E-state index in [4.69, 9.17) is 33.9 Å². The van der Waals surface area contributed by atoms with Crippen molar-refractivity contribution in [1.82, 2.24) is 9.55 Å². The van der Waals surface area contributed by atoms with Crippen molar-refractivity contribution in [2.24, 2.45) is 17.1 Å². The van der Waals surface area contributed by atoms with Gasteiger partial charge >= 0.3 is 0 Å². The van der Waals surface area contributed by atoms with Crippen LogP contribution in [0, 0.1) is 25.2 Å². The van der Waals surface area contributed by atoms with Gasteiger partial charge in [-0.05, 0) is 63.0 Å². The molecule has 2 aliphatic rings. The van der Waals surface area contributed by atoms with Crippen LogP contribution >= 0.6 is 23.2 Å². The highest BCUT2D eigenvalue weighted by Gasteiger charge is 2.46. The first kappa shape index (κ1) is 20.7. The van der Waals surface area contributed by atoms with Crippen molar-refractivity contribution in [2.75, 3.05) is 18.0 Å². The normalized spacial score (nSPS) is 23.7.